The largest absolute Gasteiger partial charge is 0.492 e. The third-order valence-electron chi connectivity index (χ3n) is 5.75. The molecule has 0 bridgehead atoms. The molecule has 156 valence electrons. The van der Waals surface area contributed by atoms with Crippen molar-refractivity contribution in [1.82, 2.24) is 19.8 Å². The van der Waals surface area contributed by atoms with Crippen molar-refractivity contribution in [3.05, 3.63) is 42.7 Å². The molecule has 2 aliphatic rings. The highest BCUT2D eigenvalue weighted by Gasteiger charge is 2.40. The maximum Gasteiger partial charge on any atom is 0.314 e. The third kappa shape index (κ3) is 4.03. The van der Waals surface area contributed by atoms with E-state index in [4.69, 9.17) is 15.2 Å². The van der Waals surface area contributed by atoms with E-state index in [1.54, 1.807) is 17.3 Å². The Morgan fingerprint density at radius 1 is 1.10 bits per heavy atom. The predicted molar refractivity (Wildman–Crippen MR) is 114 cm³/mol. The number of fused-ring (bicyclic) bond motifs is 2. The number of urea groups is 1. The van der Waals surface area contributed by atoms with E-state index in [1.165, 1.54) is 11.3 Å². The monoisotopic (exact) mass is 425 g/mol. The average molecular weight is 426 g/mol. The van der Waals surface area contributed by atoms with Gasteiger partial charge in [-0.25, -0.2) is 9.78 Å². The fraction of sp³-hybridized carbons (Fsp3) is 0.381. The topological polar surface area (TPSA) is 93.8 Å². The molecule has 2 unspecified atom stereocenters. The zero-order valence-electron chi connectivity index (χ0n) is 16.4. The molecular formula is C21H23N5O3S. The van der Waals surface area contributed by atoms with E-state index in [0.717, 1.165) is 54.4 Å². The van der Waals surface area contributed by atoms with Gasteiger partial charge in [-0.3, -0.25) is 9.88 Å². The molecular weight excluding hydrogens is 402 g/mol. The van der Waals surface area contributed by atoms with Gasteiger partial charge in [-0.05, 0) is 42.2 Å². The Balaban J connectivity index is 1.08. The van der Waals surface area contributed by atoms with E-state index in [2.05, 4.69) is 14.9 Å². The summed E-state index contributed by atoms with van der Waals surface area (Å²) in [5.74, 6) is 2.61. The molecule has 9 heteroatoms. The summed E-state index contributed by atoms with van der Waals surface area (Å²) in [7, 11) is 0. The highest BCUT2D eigenvalue weighted by Crippen LogP contribution is 2.32. The van der Waals surface area contributed by atoms with E-state index in [0.29, 0.717) is 23.6 Å². The standard InChI is InChI=1S/C21H23N5O3S/c22-20(27)26-12-14-10-25(11-15(14)13-26)7-8-28-16-1-3-17(4-2-16)29-21-24-18-9-23-6-5-19(18)30-21/h1-6,9,14-15H,7-8,10-13H2,(H2,22,27). The normalized spacial score (nSPS) is 21.1. The highest BCUT2D eigenvalue weighted by molar-refractivity contribution is 7.20. The Hall–Kier alpha value is -2.91. The van der Waals surface area contributed by atoms with Crippen molar-refractivity contribution < 1.29 is 14.3 Å². The number of nitrogens with two attached hydrogens (primary N) is 1. The number of pyridine rings is 1. The molecule has 5 rings (SSSR count). The number of nitrogens with zero attached hydrogens (tertiary/aromatic N) is 4. The number of carbonyl (C=O) groups is 1. The molecule has 2 amide bonds. The van der Waals surface area contributed by atoms with Crippen molar-refractivity contribution in [3.63, 3.8) is 0 Å². The van der Waals surface area contributed by atoms with Gasteiger partial charge in [0, 0.05) is 38.9 Å². The van der Waals surface area contributed by atoms with Crippen LogP contribution in [0.15, 0.2) is 42.7 Å². The Kier molecular flexibility index (Phi) is 5.14. The lowest BCUT2D eigenvalue weighted by molar-refractivity contribution is 0.200. The summed E-state index contributed by atoms with van der Waals surface area (Å²) in [4.78, 5) is 24.0. The minimum absolute atomic E-state index is 0.299. The number of hydrogen-bond acceptors (Lipinski definition) is 7. The Morgan fingerprint density at radius 3 is 2.53 bits per heavy atom. The van der Waals surface area contributed by atoms with Gasteiger partial charge in [0.2, 0.25) is 0 Å². The summed E-state index contributed by atoms with van der Waals surface area (Å²) in [5.41, 5.74) is 6.23. The van der Waals surface area contributed by atoms with Crippen LogP contribution in [0.3, 0.4) is 0 Å². The first kappa shape index (κ1) is 19.1. The molecule has 2 aliphatic heterocycles. The van der Waals surface area contributed by atoms with E-state index in [9.17, 15) is 4.79 Å². The van der Waals surface area contributed by atoms with Crippen LogP contribution < -0.4 is 15.2 Å². The van der Waals surface area contributed by atoms with E-state index in [-0.39, 0.29) is 6.03 Å². The molecule has 2 N–H and O–H groups in total. The van der Waals surface area contributed by atoms with Crippen LogP contribution in [0.4, 0.5) is 4.79 Å². The molecule has 3 aromatic rings. The number of rotatable bonds is 6. The molecule has 0 saturated carbocycles. The maximum atomic E-state index is 11.3. The zero-order chi connectivity index (χ0) is 20.5. The van der Waals surface area contributed by atoms with Crippen LogP contribution in [0.2, 0.25) is 0 Å². The Labute approximate surface area is 178 Å². The number of hydrogen-bond donors (Lipinski definition) is 1. The van der Waals surface area contributed by atoms with Gasteiger partial charge in [-0.15, -0.1) is 0 Å². The number of ether oxygens (including phenoxy) is 2. The van der Waals surface area contributed by atoms with E-state index >= 15 is 0 Å². The smallest absolute Gasteiger partial charge is 0.314 e. The minimum Gasteiger partial charge on any atom is -0.492 e. The second kappa shape index (κ2) is 8.08. The summed E-state index contributed by atoms with van der Waals surface area (Å²) in [6, 6.07) is 9.22. The van der Waals surface area contributed by atoms with Gasteiger partial charge >= 0.3 is 6.03 Å². The molecule has 0 radical (unpaired) electrons. The predicted octanol–water partition coefficient (Wildman–Crippen LogP) is 2.80. The number of aromatic nitrogens is 2. The number of benzene rings is 1. The SMILES string of the molecule is NC(=O)N1CC2CN(CCOc3ccc(Oc4nc5cnccc5s4)cc3)CC2C1. The Bertz CT molecular complexity index is 994. The zero-order valence-corrected chi connectivity index (χ0v) is 17.3. The number of amides is 2. The van der Waals surface area contributed by atoms with Crippen LogP contribution in [0, 0.1) is 11.8 Å². The van der Waals surface area contributed by atoms with Gasteiger partial charge in [-0.1, -0.05) is 11.3 Å². The summed E-state index contributed by atoms with van der Waals surface area (Å²) in [5, 5.41) is 0.598. The third-order valence-corrected chi connectivity index (χ3v) is 6.66. The number of thiazole rings is 1. The summed E-state index contributed by atoms with van der Waals surface area (Å²) in [6.45, 7) is 5.07. The van der Waals surface area contributed by atoms with Crippen LogP contribution >= 0.6 is 11.3 Å². The number of carbonyl (C=O) groups excluding carboxylic acids is 1. The highest BCUT2D eigenvalue weighted by atomic mass is 32.1. The van der Waals surface area contributed by atoms with Crippen molar-refractivity contribution in [1.29, 1.82) is 0 Å². The lowest BCUT2D eigenvalue weighted by Gasteiger charge is -2.20. The van der Waals surface area contributed by atoms with Crippen molar-refractivity contribution in [2.45, 2.75) is 0 Å². The molecule has 1 aromatic carbocycles. The van der Waals surface area contributed by atoms with Crippen LogP contribution in [0.5, 0.6) is 16.7 Å². The van der Waals surface area contributed by atoms with Gasteiger partial charge in [0.15, 0.2) is 0 Å². The molecule has 2 atom stereocenters. The first-order chi connectivity index (χ1) is 14.6. The van der Waals surface area contributed by atoms with Gasteiger partial charge in [-0.2, -0.15) is 0 Å². The van der Waals surface area contributed by atoms with Gasteiger partial charge < -0.3 is 20.1 Å². The van der Waals surface area contributed by atoms with E-state index in [1.807, 2.05) is 30.3 Å². The molecule has 2 aromatic heterocycles. The van der Waals surface area contributed by atoms with Crippen LogP contribution in [-0.4, -0.2) is 65.1 Å². The molecule has 2 fully saturated rings. The van der Waals surface area contributed by atoms with Gasteiger partial charge in [0.25, 0.3) is 5.19 Å². The summed E-state index contributed by atoms with van der Waals surface area (Å²) in [6.07, 6.45) is 3.48. The fourth-order valence-corrected chi connectivity index (χ4v) is 5.05. The van der Waals surface area contributed by atoms with Crippen molar-refractivity contribution >= 4 is 27.6 Å². The quantitative estimate of drug-likeness (QED) is 0.653. The van der Waals surface area contributed by atoms with Crippen LogP contribution in [0.25, 0.3) is 10.2 Å². The second-order valence-corrected chi connectivity index (χ2v) is 8.76. The first-order valence-corrected chi connectivity index (χ1v) is 10.8. The fourth-order valence-electron chi connectivity index (χ4n) is 4.25. The lowest BCUT2D eigenvalue weighted by atomic mass is 10.0. The number of primary amides is 1. The van der Waals surface area contributed by atoms with E-state index < -0.39 is 0 Å². The molecule has 4 heterocycles. The maximum absolute atomic E-state index is 11.3. The van der Waals surface area contributed by atoms with Crippen molar-refractivity contribution in [3.8, 4) is 16.7 Å². The molecule has 30 heavy (non-hydrogen) atoms. The molecule has 0 aliphatic carbocycles. The Morgan fingerprint density at radius 2 is 1.83 bits per heavy atom. The number of likely N-dealkylation sites (tertiary alicyclic amines) is 2. The summed E-state index contributed by atoms with van der Waals surface area (Å²) < 4.78 is 12.8. The molecule has 2 saturated heterocycles. The summed E-state index contributed by atoms with van der Waals surface area (Å²) >= 11 is 1.49. The van der Waals surface area contributed by atoms with Crippen molar-refractivity contribution in [2.24, 2.45) is 17.6 Å². The van der Waals surface area contributed by atoms with Gasteiger partial charge in [0.1, 0.15) is 23.6 Å². The second-order valence-electron chi connectivity index (χ2n) is 7.77. The molecule has 8 nitrogen and oxygen atoms in total. The van der Waals surface area contributed by atoms with Crippen molar-refractivity contribution in [2.75, 3.05) is 39.3 Å². The average Bonchev–Trinajstić information content (AvgIpc) is 3.41. The van der Waals surface area contributed by atoms with Gasteiger partial charge in [0.05, 0.1) is 10.9 Å². The lowest BCUT2D eigenvalue weighted by Crippen LogP contribution is -2.37. The van der Waals surface area contributed by atoms with Crippen LogP contribution in [0.1, 0.15) is 0 Å². The molecule has 0 spiro atoms. The van der Waals surface area contributed by atoms with Crippen LogP contribution in [-0.2, 0) is 0 Å². The minimum atomic E-state index is -0.299. The first-order valence-electron chi connectivity index (χ1n) is 10.0.